The Balaban J connectivity index is 1.92. The first kappa shape index (κ1) is 18.1. The first-order valence-corrected chi connectivity index (χ1v) is 10.00. The van der Waals surface area contributed by atoms with Gasteiger partial charge in [-0.05, 0) is 43.0 Å². The number of aromatic nitrogens is 2. The Morgan fingerprint density at radius 2 is 1.61 bits per heavy atom. The lowest BCUT2D eigenvalue weighted by atomic mass is 9.87. The fourth-order valence-electron chi connectivity index (χ4n) is 2.19. The van der Waals surface area contributed by atoms with Crippen LogP contribution < -0.4 is 0 Å². The molecule has 0 fully saturated rings. The van der Waals surface area contributed by atoms with E-state index in [1.807, 2.05) is 32.0 Å². The molecule has 0 saturated heterocycles. The second-order valence-corrected chi connectivity index (χ2v) is 9.24. The summed E-state index contributed by atoms with van der Waals surface area (Å²) < 4.78 is 12.4. The van der Waals surface area contributed by atoms with E-state index in [-0.39, 0.29) is 5.41 Å². The van der Waals surface area contributed by atoms with Gasteiger partial charge in [-0.15, -0.1) is 0 Å². The zero-order valence-electron chi connectivity index (χ0n) is 14.4. The second-order valence-electron chi connectivity index (χ2n) is 6.61. The molecule has 5 heteroatoms. The molecule has 0 aliphatic heterocycles. The Hall–Kier alpha value is -1.20. The van der Waals surface area contributed by atoms with Gasteiger partial charge < -0.3 is 0 Å². The molecule has 0 bridgehead atoms. The third-order valence-electron chi connectivity index (χ3n) is 3.44. The maximum atomic E-state index is 12.4. The minimum absolute atomic E-state index is 0.121. The molecular formula is C18H24N2OS2. The van der Waals surface area contributed by atoms with Crippen LogP contribution in [0.15, 0.2) is 40.4 Å². The predicted molar refractivity (Wildman–Crippen MR) is 98.6 cm³/mol. The summed E-state index contributed by atoms with van der Waals surface area (Å²) in [6.07, 6.45) is 0. The number of nitrogens with zero attached hydrogens (tertiary/aromatic N) is 2. The maximum absolute atomic E-state index is 12.4. The molecule has 0 N–H and O–H groups in total. The zero-order valence-corrected chi connectivity index (χ0v) is 16.1. The Morgan fingerprint density at radius 1 is 1.04 bits per heavy atom. The first-order valence-electron chi connectivity index (χ1n) is 7.70. The minimum atomic E-state index is -0.979. The summed E-state index contributed by atoms with van der Waals surface area (Å²) in [7, 11) is -0.979. The standard InChI is InChI=1S/C18H24N2OS2/c1-13-12-14(2)20-17(19-13)22-10-11-23(21)16-8-6-15(7-9-16)18(3,4)5/h6-9,12H,10-11H2,1-5H3/t23-/m0/s1. The molecule has 3 nitrogen and oxygen atoms in total. The molecular weight excluding hydrogens is 324 g/mol. The summed E-state index contributed by atoms with van der Waals surface area (Å²) in [5, 5.41) is 0.766. The summed E-state index contributed by atoms with van der Waals surface area (Å²) in [4.78, 5) is 9.68. The molecule has 1 heterocycles. The van der Waals surface area contributed by atoms with Crippen molar-refractivity contribution in [3.8, 4) is 0 Å². The third-order valence-corrected chi connectivity index (χ3v) is 5.93. The molecule has 2 rings (SSSR count). The molecule has 23 heavy (non-hydrogen) atoms. The van der Waals surface area contributed by atoms with Gasteiger partial charge in [0.25, 0.3) is 0 Å². The number of hydrogen-bond acceptors (Lipinski definition) is 4. The summed E-state index contributed by atoms with van der Waals surface area (Å²) in [6.45, 7) is 10.5. The highest BCUT2D eigenvalue weighted by Crippen LogP contribution is 2.23. The highest BCUT2D eigenvalue weighted by molar-refractivity contribution is 8.00. The van der Waals surface area contributed by atoms with Crippen molar-refractivity contribution in [3.63, 3.8) is 0 Å². The van der Waals surface area contributed by atoms with E-state index in [9.17, 15) is 4.21 Å². The van der Waals surface area contributed by atoms with Crippen molar-refractivity contribution in [1.82, 2.24) is 9.97 Å². The molecule has 124 valence electrons. The molecule has 0 aliphatic rings. The van der Waals surface area contributed by atoms with Crippen LogP contribution in [0.3, 0.4) is 0 Å². The Labute approximate surface area is 145 Å². The van der Waals surface area contributed by atoms with Gasteiger partial charge >= 0.3 is 0 Å². The lowest BCUT2D eigenvalue weighted by Crippen LogP contribution is -2.11. The lowest BCUT2D eigenvalue weighted by molar-refractivity contribution is 0.589. The Morgan fingerprint density at radius 3 is 2.13 bits per heavy atom. The van der Waals surface area contributed by atoms with Crippen molar-refractivity contribution < 1.29 is 4.21 Å². The van der Waals surface area contributed by atoms with E-state index >= 15 is 0 Å². The number of rotatable bonds is 5. The van der Waals surface area contributed by atoms with Crippen LogP contribution in [-0.2, 0) is 16.2 Å². The Bertz CT molecular complexity index is 671. The van der Waals surface area contributed by atoms with Gasteiger partial charge in [0.05, 0.1) is 10.8 Å². The van der Waals surface area contributed by atoms with Crippen LogP contribution in [0.5, 0.6) is 0 Å². The van der Waals surface area contributed by atoms with E-state index in [4.69, 9.17) is 0 Å². The van der Waals surface area contributed by atoms with E-state index < -0.39 is 10.8 Å². The van der Waals surface area contributed by atoms with E-state index in [1.54, 1.807) is 11.8 Å². The van der Waals surface area contributed by atoms with Crippen LogP contribution in [0.4, 0.5) is 0 Å². The van der Waals surface area contributed by atoms with Crippen LogP contribution in [0.1, 0.15) is 37.7 Å². The molecule has 1 aromatic heterocycles. The highest BCUT2D eigenvalue weighted by Gasteiger charge is 2.14. The van der Waals surface area contributed by atoms with E-state index in [1.165, 1.54) is 5.56 Å². The van der Waals surface area contributed by atoms with Gasteiger partial charge in [0.1, 0.15) is 0 Å². The molecule has 0 unspecified atom stereocenters. The van der Waals surface area contributed by atoms with Gasteiger partial charge in [-0.3, -0.25) is 4.21 Å². The van der Waals surface area contributed by atoms with Crippen LogP contribution in [0, 0.1) is 13.8 Å². The van der Waals surface area contributed by atoms with Crippen LogP contribution in [-0.4, -0.2) is 25.7 Å². The summed E-state index contributed by atoms with van der Waals surface area (Å²) >= 11 is 1.56. The minimum Gasteiger partial charge on any atom is -0.254 e. The predicted octanol–water partition coefficient (Wildman–Crippen LogP) is 4.29. The van der Waals surface area contributed by atoms with Crippen molar-refractivity contribution in [2.45, 2.75) is 50.1 Å². The quantitative estimate of drug-likeness (QED) is 0.597. The fraction of sp³-hybridized carbons (Fsp3) is 0.444. The second kappa shape index (κ2) is 7.58. The summed E-state index contributed by atoms with van der Waals surface area (Å²) in [5.74, 6) is 1.35. The molecule has 1 atom stereocenters. The molecule has 0 amide bonds. The number of hydrogen-bond donors (Lipinski definition) is 0. The highest BCUT2D eigenvalue weighted by atomic mass is 32.2. The maximum Gasteiger partial charge on any atom is 0.188 e. The topological polar surface area (TPSA) is 42.9 Å². The molecule has 0 spiro atoms. The van der Waals surface area contributed by atoms with Gasteiger partial charge in [-0.2, -0.15) is 0 Å². The fourth-order valence-corrected chi connectivity index (χ4v) is 4.41. The molecule has 0 saturated carbocycles. The smallest absolute Gasteiger partial charge is 0.188 e. The molecule has 0 aliphatic carbocycles. The van der Waals surface area contributed by atoms with E-state index in [2.05, 4.69) is 42.9 Å². The van der Waals surface area contributed by atoms with Crippen LogP contribution in [0.25, 0.3) is 0 Å². The van der Waals surface area contributed by atoms with Crippen LogP contribution >= 0.6 is 11.8 Å². The van der Waals surface area contributed by atoms with E-state index in [0.717, 1.165) is 27.2 Å². The van der Waals surface area contributed by atoms with Gasteiger partial charge in [-0.1, -0.05) is 44.7 Å². The van der Waals surface area contributed by atoms with Gasteiger partial charge in [0.2, 0.25) is 0 Å². The number of aryl methyl sites for hydroxylation is 2. The summed E-state index contributed by atoms with van der Waals surface area (Å²) in [6, 6.07) is 10.1. The van der Waals surface area contributed by atoms with Crippen molar-refractivity contribution in [2.24, 2.45) is 0 Å². The normalized spacial score (nSPS) is 13.1. The van der Waals surface area contributed by atoms with Crippen LogP contribution in [0.2, 0.25) is 0 Å². The van der Waals surface area contributed by atoms with Crippen molar-refractivity contribution in [2.75, 3.05) is 11.5 Å². The van der Waals surface area contributed by atoms with Crippen molar-refractivity contribution in [1.29, 1.82) is 0 Å². The van der Waals surface area contributed by atoms with Crippen molar-refractivity contribution in [3.05, 3.63) is 47.3 Å². The zero-order chi connectivity index (χ0) is 17.0. The molecule has 1 aromatic carbocycles. The largest absolute Gasteiger partial charge is 0.254 e. The molecule has 2 aromatic rings. The van der Waals surface area contributed by atoms with Gasteiger partial charge in [0.15, 0.2) is 5.16 Å². The Kier molecular flexibility index (Phi) is 5.98. The third kappa shape index (κ3) is 5.43. The lowest BCUT2D eigenvalue weighted by Gasteiger charge is -2.19. The van der Waals surface area contributed by atoms with Crippen molar-refractivity contribution >= 4 is 22.6 Å². The molecule has 0 radical (unpaired) electrons. The SMILES string of the molecule is Cc1cc(C)nc(SCC[S@](=O)c2ccc(C(C)(C)C)cc2)n1. The van der Waals surface area contributed by atoms with E-state index in [0.29, 0.717) is 5.75 Å². The van der Waals surface area contributed by atoms with Gasteiger partial charge in [0, 0.05) is 27.8 Å². The average Bonchev–Trinajstić information content (AvgIpc) is 2.45. The van der Waals surface area contributed by atoms with Gasteiger partial charge in [-0.25, -0.2) is 9.97 Å². The average molecular weight is 349 g/mol. The number of benzene rings is 1. The summed E-state index contributed by atoms with van der Waals surface area (Å²) in [5.41, 5.74) is 3.32. The monoisotopic (exact) mass is 348 g/mol. The number of thioether (sulfide) groups is 1. The first-order chi connectivity index (χ1) is 10.8.